The number of aromatic nitrogens is 2. The monoisotopic (exact) mass is 433 g/mol. The van der Waals surface area contributed by atoms with Gasteiger partial charge in [-0.05, 0) is 60.5 Å². The molecule has 0 bridgehead atoms. The number of nitrogens with one attached hydrogen (secondary N) is 1. The fourth-order valence-corrected chi connectivity index (χ4v) is 3.65. The third-order valence-electron chi connectivity index (χ3n) is 5.38. The fraction of sp³-hybridized carbons (Fsp3) is 0.0714. The Hall–Kier alpha value is -4.38. The Labute approximate surface area is 192 Å². The third-order valence-corrected chi connectivity index (χ3v) is 5.38. The molecule has 0 unspecified atom stereocenters. The standard InChI is InChI=1S/C28H23N3O2/c1-20-10-15-27-30-26(18-31(27)17-20)23-8-5-9-24(16-23)29-28(32)22-11-13-25(14-12-22)33-19-21-6-3-2-4-7-21/h2-18H,19H2,1H3,(H,29,32). The molecular weight excluding hydrogens is 410 g/mol. The maximum absolute atomic E-state index is 12.8. The van der Waals surface area contributed by atoms with E-state index in [1.807, 2.05) is 95.7 Å². The molecule has 0 fully saturated rings. The second-order valence-electron chi connectivity index (χ2n) is 7.93. The van der Waals surface area contributed by atoms with E-state index in [0.29, 0.717) is 12.2 Å². The van der Waals surface area contributed by atoms with Crippen LogP contribution in [0, 0.1) is 6.92 Å². The quantitative estimate of drug-likeness (QED) is 0.350. The van der Waals surface area contributed by atoms with Gasteiger partial charge in [-0.2, -0.15) is 0 Å². The van der Waals surface area contributed by atoms with E-state index < -0.39 is 0 Å². The van der Waals surface area contributed by atoms with Gasteiger partial charge in [0.1, 0.15) is 18.0 Å². The van der Waals surface area contributed by atoms with Gasteiger partial charge in [-0.25, -0.2) is 4.98 Å². The predicted molar refractivity (Wildman–Crippen MR) is 131 cm³/mol. The highest BCUT2D eigenvalue weighted by Crippen LogP contribution is 2.23. The lowest BCUT2D eigenvalue weighted by Crippen LogP contribution is -2.11. The van der Waals surface area contributed by atoms with Gasteiger partial charge in [0, 0.05) is 29.2 Å². The van der Waals surface area contributed by atoms with Crippen molar-refractivity contribution >= 4 is 17.2 Å². The molecule has 5 aromatic rings. The Morgan fingerprint density at radius 1 is 0.909 bits per heavy atom. The largest absolute Gasteiger partial charge is 0.489 e. The number of imidazole rings is 1. The molecule has 2 heterocycles. The summed E-state index contributed by atoms with van der Waals surface area (Å²) < 4.78 is 7.81. The van der Waals surface area contributed by atoms with Crippen LogP contribution in [-0.2, 0) is 6.61 Å². The van der Waals surface area contributed by atoms with Crippen molar-refractivity contribution in [1.29, 1.82) is 0 Å². The topological polar surface area (TPSA) is 55.6 Å². The van der Waals surface area contributed by atoms with Gasteiger partial charge in [-0.3, -0.25) is 4.79 Å². The average molecular weight is 434 g/mol. The number of hydrogen-bond acceptors (Lipinski definition) is 3. The highest BCUT2D eigenvalue weighted by molar-refractivity contribution is 6.04. The van der Waals surface area contributed by atoms with E-state index in [0.717, 1.165) is 33.9 Å². The minimum absolute atomic E-state index is 0.174. The van der Waals surface area contributed by atoms with Gasteiger partial charge < -0.3 is 14.5 Å². The molecule has 0 saturated carbocycles. The smallest absolute Gasteiger partial charge is 0.255 e. The van der Waals surface area contributed by atoms with Crippen LogP contribution in [0.4, 0.5) is 5.69 Å². The first kappa shape index (κ1) is 20.5. The van der Waals surface area contributed by atoms with Crippen LogP contribution in [0.3, 0.4) is 0 Å². The normalized spacial score (nSPS) is 10.8. The van der Waals surface area contributed by atoms with Gasteiger partial charge in [0.15, 0.2) is 0 Å². The second kappa shape index (κ2) is 9.01. The summed E-state index contributed by atoms with van der Waals surface area (Å²) in [5, 5.41) is 2.97. The Balaban J connectivity index is 1.26. The molecule has 3 aromatic carbocycles. The number of hydrogen-bond donors (Lipinski definition) is 1. The number of fused-ring (bicyclic) bond motifs is 1. The molecule has 0 spiro atoms. The van der Waals surface area contributed by atoms with Crippen molar-refractivity contribution in [2.45, 2.75) is 13.5 Å². The van der Waals surface area contributed by atoms with Crippen LogP contribution >= 0.6 is 0 Å². The summed E-state index contributed by atoms with van der Waals surface area (Å²) in [7, 11) is 0. The molecule has 33 heavy (non-hydrogen) atoms. The summed E-state index contributed by atoms with van der Waals surface area (Å²) in [6.07, 6.45) is 4.04. The van der Waals surface area contributed by atoms with Crippen molar-refractivity contribution in [2.24, 2.45) is 0 Å². The maximum Gasteiger partial charge on any atom is 0.255 e. The summed E-state index contributed by atoms with van der Waals surface area (Å²) in [6, 6.07) is 28.9. The van der Waals surface area contributed by atoms with E-state index in [2.05, 4.69) is 17.2 Å². The molecular formula is C28H23N3O2. The minimum Gasteiger partial charge on any atom is -0.489 e. The highest BCUT2D eigenvalue weighted by atomic mass is 16.5. The van der Waals surface area contributed by atoms with Crippen LogP contribution in [0.5, 0.6) is 5.75 Å². The van der Waals surface area contributed by atoms with Crippen molar-refractivity contribution < 1.29 is 9.53 Å². The van der Waals surface area contributed by atoms with Gasteiger partial charge in [-0.1, -0.05) is 48.5 Å². The van der Waals surface area contributed by atoms with Crippen LogP contribution in [0.15, 0.2) is 103 Å². The lowest BCUT2D eigenvalue weighted by atomic mass is 10.1. The van der Waals surface area contributed by atoms with E-state index in [-0.39, 0.29) is 5.91 Å². The van der Waals surface area contributed by atoms with E-state index in [1.54, 1.807) is 12.1 Å². The van der Waals surface area contributed by atoms with Crippen LogP contribution in [0.1, 0.15) is 21.5 Å². The number of amides is 1. The number of pyridine rings is 1. The molecule has 162 valence electrons. The van der Waals surface area contributed by atoms with Gasteiger partial charge in [0.05, 0.1) is 5.69 Å². The number of aryl methyl sites for hydroxylation is 1. The lowest BCUT2D eigenvalue weighted by molar-refractivity contribution is 0.102. The zero-order chi connectivity index (χ0) is 22.6. The Morgan fingerprint density at radius 2 is 1.73 bits per heavy atom. The Bertz CT molecular complexity index is 1410. The molecule has 0 radical (unpaired) electrons. The number of anilines is 1. The number of ether oxygens (including phenoxy) is 1. The zero-order valence-corrected chi connectivity index (χ0v) is 18.2. The van der Waals surface area contributed by atoms with Crippen LogP contribution in [0.25, 0.3) is 16.9 Å². The van der Waals surface area contributed by atoms with Gasteiger partial charge >= 0.3 is 0 Å². The lowest BCUT2D eigenvalue weighted by Gasteiger charge is -2.09. The predicted octanol–water partition coefficient (Wildman–Crippen LogP) is 6.14. The van der Waals surface area contributed by atoms with E-state index in [1.165, 1.54) is 5.56 Å². The molecule has 2 aromatic heterocycles. The molecule has 0 aliphatic rings. The van der Waals surface area contributed by atoms with E-state index in [4.69, 9.17) is 4.74 Å². The number of benzene rings is 3. The molecule has 0 aliphatic heterocycles. The van der Waals surface area contributed by atoms with Crippen molar-refractivity contribution in [3.63, 3.8) is 0 Å². The SMILES string of the molecule is Cc1ccc2nc(-c3cccc(NC(=O)c4ccc(OCc5ccccc5)cc4)c3)cn2c1. The first-order chi connectivity index (χ1) is 16.1. The summed E-state index contributed by atoms with van der Waals surface area (Å²) in [5.41, 5.74) is 6.24. The molecule has 0 saturated heterocycles. The first-order valence-corrected chi connectivity index (χ1v) is 10.8. The Kier molecular flexibility index (Phi) is 5.60. The molecule has 1 N–H and O–H groups in total. The number of rotatable bonds is 6. The molecule has 5 heteroatoms. The summed E-state index contributed by atoms with van der Waals surface area (Å²) in [5.74, 6) is 0.548. The fourth-order valence-electron chi connectivity index (χ4n) is 3.65. The number of nitrogens with zero attached hydrogens (tertiary/aromatic N) is 2. The average Bonchev–Trinajstić information content (AvgIpc) is 3.27. The summed E-state index contributed by atoms with van der Waals surface area (Å²) in [6.45, 7) is 2.54. The molecule has 5 rings (SSSR count). The van der Waals surface area contributed by atoms with Crippen molar-refractivity contribution in [1.82, 2.24) is 9.38 Å². The number of carbonyl (C=O) groups is 1. The van der Waals surface area contributed by atoms with Gasteiger partial charge in [0.25, 0.3) is 5.91 Å². The van der Waals surface area contributed by atoms with E-state index >= 15 is 0 Å². The molecule has 5 nitrogen and oxygen atoms in total. The first-order valence-electron chi connectivity index (χ1n) is 10.8. The van der Waals surface area contributed by atoms with Crippen molar-refractivity contribution in [3.8, 4) is 17.0 Å². The minimum atomic E-state index is -0.174. The summed E-state index contributed by atoms with van der Waals surface area (Å²) in [4.78, 5) is 17.4. The van der Waals surface area contributed by atoms with Crippen LogP contribution < -0.4 is 10.1 Å². The number of carbonyl (C=O) groups excluding carboxylic acids is 1. The van der Waals surface area contributed by atoms with Gasteiger partial charge in [0.2, 0.25) is 0 Å². The maximum atomic E-state index is 12.8. The van der Waals surface area contributed by atoms with Crippen molar-refractivity contribution in [2.75, 3.05) is 5.32 Å². The third kappa shape index (κ3) is 4.77. The second-order valence-corrected chi connectivity index (χ2v) is 7.93. The molecule has 0 aliphatic carbocycles. The summed E-state index contributed by atoms with van der Waals surface area (Å²) >= 11 is 0. The van der Waals surface area contributed by atoms with Crippen molar-refractivity contribution in [3.05, 3.63) is 120 Å². The zero-order valence-electron chi connectivity index (χ0n) is 18.2. The van der Waals surface area contributed by atoms with Crippen LogP contribution in [0.2, 0.25) is 0 Å². The molecule has 0 atom stereocenters. The highest BCUT2D eigenvalue weighted by Gasteiger charge is 2.09. The van der Waals surface area contributed by atoms with Gasteiger partial charge in [-0.15, -0.1) is 0 Å². The molecule has 1 amide bonds. The Morgan fingerprint density at radius 3 is 2.55 bits per heavy atom. The van der Waals surface area contributed by atoms with Crippen LogP contribution in [-0.4, -0.2) is 15.3 Å². The van der Waals surface area contributed by atoms with E-state index in [9.17, 15) is 4.79 Å².